The van der Waals surface area contributed by atoms with Crippen molar-refractivity contribution in [1.82, 2.24) is 4.98 Å². The van der Waals surface area contributed by atoms with Crippen molar-refractivity contribution in [3.63, 3.8) is 0 Å². The van der Waals surface area contributed by atoms with E-state index in [9.17, 15) is 14.3 Å². The number of fused-ring (bicyclic) bond motifs is 1. The van der Waals surface area contributed by atoms with Gasteiger partial charge in [-0.05, 0) is 119 Å². The first-order valence-corrected chi connectivity index (χ1v) is 14.3. The highest BCUT2D eigenvalue weighted by atomic mass is 19.1. The van der Waals surface area contributed by atoms with Gasteiger partial charge in [0.1, 0.15) is 11.6 Å². The number of benzene rings is 1. The van der Waals surface area contributed by atoms with Gasteiger partial charge in [0.25, 0.3) is 0 Å². The van der Waals surface area contributed by atoms with Gasteiger partial charge in [0.15, 0.2) is 0 Å². The van der Waals surface area contributed by atoms with E-state index in [0.29, 0.717) is 18.6 Å². The monoisotopic (exact) mass is 524 g/mol. The van der Waals surface area contributed by atoms with E-state index in [1.807, 2.05) is 13.8 Å². The molecule has 2 fully saturated rings. The van der Waals surface area contributed by atoms with Crippen LogP contribution in [0.25, 0.3) is 0 Å². The number of aliphatic carboxylic acids is 1. The summed E-state index contributed by atoms with van der Waals surface area (Å²) in [6, 6.07) is 8.90. The number of pyridine rings is 1. The van der Waals surface area contributed by atoms with E-state index in [1.165, 1.54) is 17.7 Å². The summed E-state index contributed by atoms with van der Waals surface area (Å²) >= 11 is 0. The number of ether oxygens (including phenoxy) is 2. The maximum absolute atomic E-state index is 14.4. The van der Waals surface area contributed by atoms with E-state index >= 15 is 0 Å². The number of aromatic nitrogens is 1. The smallest absolute Gasteiger partial charge is 0.311 e. The molecule has 0 spiro atoms. The van der Waals surface area contributed by atoms with Gasteiger partial charge in [0.2, 0.25) is 0 Å². The van der Waals surface area contributed by atoms with Crippen LogP contribution in [-0.4, -0.2) is 40.9 Å². The second kappa shape index (κ2) is 11.7. The van der Waals surface area contributed by atoms with Gasteiger partial charge in [0.05, 0.1) is 23.7 Å². The quantitative estimate of drug-likeness (QED) is 0.342. The number of rotatable bonds is 10. The van der Waals surface area contributed by atoms with E-state index in [1.54, 1.807) is 6.07 Å². The summed E-state index contributed by atoms with van der Waals surface area (Å²) in [5.41, 5.74) is 3.55. The van der Waals surface area contributed by atoms with Gasteiger partial charge in [-0.25, -0.2) is 9.37 Å². The normalized spacial score (nSPS) is 25.1. The molecule has 1 saturated heterocycles. The van der Waals surface area contributed by atoms with Crippen LogP contribution in [0.2, 0.25) is 0 Å². The fourth-order valence-electron chi connectivity index (χ4n) is 6.49. The molecule has 3 heterocycles. The Morgan fingerprint density at radius 2 is 2.11 bits per heavy atom. The lowest BCUT2D eigenvalue weighted by Crippen LogP contribution is -2.24. The maximum atomic E-state index is 14.4. The van der Waals surface area contributed by atoms with Crippen molar-refractivity contribution in [1.29, 1.82) is 0 Å². The number of nitrogens with zero attached hydrogens (tertiary/aromatic N) is 1. The number of hydrogen-bond acceptors (Lipinski definition) is 5. The number of nitrogens with one attached hydrogen (secondary N) is 1. The van der Waals surface area contributed by atoms with Crippen LogP contribution in [0, 0.1) is 11.7 Å². The second-order valence-corrected chi connectivity index (χ2v) is 11.9. The van der Waals surface area contributed by atoms with Crippen molar-refractivity contribution in [3.8, 4) is 0 Å². The number of anilines is 1. The molecule has 2 aromatic rings. The van der Waals surface area contributed by atoms with Crippen LogP contribution in [0.3, 0.4) is 0 Å². The molecule has 2 aliphatic heterocycles. The summed E-state index contributed by atoms with van der Waals surface area (Å²) in [4.78, 5) is 17.3. The topological polar surface area (TPSA) is 80.7 Å². The van der Waals surface area contributed by atoms with Crippen molar-refractivity contribution in [2.75, 3.05) is 18.5 Å². The number of hydrogen-bond donors (Lipinski definition) is 2. The molecule has 3 aliphatic rings. The van der Waals surface area contributed by atoms with Gasteiger partial charge in [-0.1, -0.05) is 12.1 Å². The molecule has 38 heavy (non-hydrogen) atoms. The van der Waals surface area contributed by atoms with Gasteiger partial charge >= 0.3 is 5.97 Å². The number of carboxylic acids is 1. The van der Waals surface area contributed by atoms with Gasteiger partial charge < -0.3 is 19.9 Å². The molecule has 1 aromatic carbocycles. The molecule has 2 N–H and O–H groups in total. The average molecular weight is 525 g/mol. The maximum Gasteiger partial charge on any atom is 0.311 e. The SMILES string of the molecule is CC1(C)CCC(c2ccc(F)cc2[C@H](C(=O)O)C2CC[C@@H](OCCCCc3ccc4c(n3)NCCC4)C2)O1. The summed E-state index contributed by atoms with van der Waals surface area (Å²) < 4.78 is 26.8. The molecule has 7 heteroatoms. The van der Waals surface area contributed by atoms with Gasteiger partial charge in [-0.2, -0.15) is 0 Å². The van der Waals surface area contributed by atoms with Crippen LogP contribution in [-0.2, 0) is 27.1 Å². The lowest BCUT2D eigenvalue weighted by atomic mass is 9.81. The summed E-state index contributed by atoms with van der Waals surface area (Å²) in [6.07, 6.45) is 8.98. The van der Waals surface area contributed by atoms with E-state index < -0.39 is 17.7 Å². The molecule has 0 amide bonds. The summed E-state index contributed by atoms with van der Waals surface area (Å²) in [6.45, 7) is 5.75. The zero-order valence-corrected chi connectivity index (χ0v) is 22.7. The Bertz CT molecular complexity index is 1140. The number of halogens is 1. The van der Waals surface area contributed by atoms with Crippen LogP contribution in [0.1, 0.15) is 99.6 Å². The number of aryl methyl sites for hydroxylation is 2. The third-order valence-electron chi connectivity index (χ3n) is 8.50. The molecule has 1 aliphatic carbocycles. The predicted molar refractivity (Wildman–Crippen MR) is 145 cm³/mol. The molecule has 4 atom stereocenters. The van der Waals surface area contributed by atoms with Crippen LogP contribution >= 0.6 is 0 Å². The largest absolute Gasteiger partial charge is 0.481 e. The molecule has 0 bridgehead atoms. The highest BCUT2D eigenvalue weighted by Gasteiger charge is 2.40. The molecule has 0 radical (unpaired) electrons. The minimum atomic E-state index is -0.896. The van der Waals surface area contributed by atoms with Crippen LogP contribution in [0.5, 0.6) is 0 Å². The number of unbranched alkanes of at least 4 members (excludes halogenated alkanes) is 1. The Morgan fingerprint density at radius 3 is 2.89 bits per heavy atom. The average Bonchev–Trinajstić information content (AvgIpc) is 3.49. The van der Waals surface area contributed by atoms with Gasteiger partial charge in [-0.3, -0.25) is 4.79 Å². The third kappa shape index (κ3) is 6.37. The summed E-state index contributed by atoms with van der Waals surface area (Å²) in [7, 11) is 0. The van der Waals surface area contributed by atoms with Crippen molar-refractivity contribution < 1.29 is 23.8 Å². The highest BCUT2D eigenvalue weighted by molar-refractivity contribution is 5.77. The standard InChI is InChI=1S/C31H41FN2O4/c1-31(2)15-14-27(38-31)25-13-10-22(32)19-26(25)28(30(35)36)21-9-12-24(18-21)37-17-4-3-7-23-11-8-20-6-5-16-33-29(20)34-23/h8,10-11,13,19,21,24,27-28H,3-7,9,12,14-18H2,1-2H3,(H,33,34)(H,35,36)/t21?,24-,27?,28-/m1/s1. The fourth-order valence-corrected chi connectivity index (χ4v) is 6.49. The molecule has 206 valence electrons. The summed E-state index contributed by atoms with van der Waals surface area (Å²) in [5.74, 6) is -1.10. The molecule has 6 nitrogen and oxygen atoms in total. The van der Waals surface area contributed by atoms with Crippen LogP contribution in [0.15, 0.2) is 30.3 Å². The van der Waals surface area contributed by atoms with Crippen molar-refractivity contribution in [2.24, 2.45) is 5.92 Å². The zero-order valence-electron chi connectivity index (χ0n) is 22.7. The Balaban J connectivity index is 1.14. The third-order valence-corrected chi connectivity index (χ3v) is 8.50. The molecule has 2 unspecified atom stereocenters. The molecule has 5 rings (SSSR count). The molecular formula is C31H41FN2O4. The zero-order chi connectivity index (χ0) is 26.7. The fraction of sp³-hybridized carbons (Fsp3) is 0.613. The van der Waals surface area contributed by atoms with Crippen LogP contribution in [0.4, 0.5) is 10.2 Å². The Morgan fingerprint density at radius 1 is 1.24 bits per heavy atom. The number of carboxylic acid groups (broad SMARTS) is 1. The van der Waals surface area contributed by atoms with E-state index in [4.69, 9.17) is 14.5 Å². The highest BCUT2D eigenvalue weighted by Crippen LogP contribution is 2.45. The Kier molecular flexibility index (Phi) is 8.34. The van der Waals surface area contributed by atoms with Gasteiger partial charge in [-0.15, -0.1) is 0 Å². The molecule has 1 aromatic heterocycles. The lowest BCUT2D eigenvalue weighted by Gasteiger charge is -2.26. The van der Waals surface area contributed by atoms with Crippen molar-refractivity contribution >= 4 is 11.8 Å². The van der Waals surface area contributed by atoms with Gasteiger partial charge in [0, 0.05) is 18.8 Å². The van der Waals surface area contributed by atoms with E-state index in [2.05, 4.69) is 17.4 Å². The predicted octanol–water partition coefficient (Wildman–Crippen LogP) is 6.59. The minimum absolute atomic E-state index is 0.0478. The minimum Gasteiger partial charge on any atom is -0.481 e. The Hall–Kier alpha value is -2.51. The summed E-state index contributed by atoms with van der Waals surface area (Å²) in [5, 5.41) is 13.6. The first-order valence-electron chi connectivity index (χ1n) is 14.3. The van der Waals surface area contributed by atoms with E-state index in [0.717, 1.165) is 81.4 Å². The van der Waals surface area contributed by atoms with Crippen molar-refractivity contribution in [2.45, 2.75) is 102 Å². The lowest BCUT2D eigenvalue weighted by molar-refractivity contribution is -0.140. The number of carbonyl (C=O) groups is 1. The second-order valence-electron chi connectivity index (χ2n) is 11.9. The van der Waals surface area contributed by atoms with E-state index in [-0.39, 0.29) is 23.7 Å². The first kappa shape index (κ1) is 27.1. The molecule has 1 saturated carbocycles. The first-order chi connectivity index (χ1) is 18.3. The molecular weight excluding hydrogens is 483 g/mol. The van der Waals surface area contributed by atoms with Crippen molar-refractivity contribution in [3.05, 3.63) is 58.5 Å². The van der Waals surface area contributed by atoms with Crippen LogP contribution < -0.4 is 5.32 Å². The Labute approximate surface area is 225 Å².